The Morgan fingerprint density at radius 1 is 1.42 bits per heavy atom. The third-order valence-corrected chi connectivity index (χ3v) is 2.77. The van der Waals surface area contributed by atoms with Gasteiger partial charge in [-0.1, -0.05) is 0 Å². The molecule has 1 heterocycles. The lowest BCUT2D eigenvalue weighted by molar-refractivity contribution is -0.138. The van der Waals surface area contributed by atoms with E-state index in [1.54, 1.807) is 0 Å². The van der Waals surface area contributed by atoms with Gasteiger partial charge in [-0.15, -0.1) is 0 Å². The van der Waals surface area contributed by atoms with Crippen LogP contribution in [0.25, 0.3) is 0 Å². The lowest BCUT2D eigenvalue weighted by Gasteiger charge is -2.34. The largest absolute Gasteiger partial charge is 0.489 e. The van der Waals surface area contributed by atoms with Gasteiger partial charge in [0.1, 0.15) is 11.9 Å². The number of ether oxygens (including phenoxy) is 1. The summed E-state index contributed by atoms with van der Waals surface area (Å²) >= 11 is 0. The maximum absolute atomic E-state index is 12.4. The van der Waals surface area contributed by atoms with Crippen LogP contribution in [-0.2, 0) is 6.18 Å². The highest BCUT2D eigenvalue weighted by Crippen LogP contribution is 2.32. The molecular formula is C11H11F3N2O3. The SMILES string of the molecule is O=C(O)NC1CC(Oc2cncc(C(F)(F)F)c2)C1. The van der Waals surface area contributed by atoms with E-state index in [9.17, 15) is 18.0 Å². The van der Waals surface area contributed by atoms with Gasteiger partial charge in [-0.05, 0) is 6.07 Å². The molecule has 0 radical (unpaired) electrons. The Labute approximate surface area is 106 Å². The van der Waals surface area contributed by atoms with Gasteiger partial charge < -0.3 is 15.2 Å². The number of amides is 1. The molecule has 0 aliphatic heterocycles. The first-order valence-corrected chi connectivity index (χ1v) is 5.53. The Hall–Kier alpha value is -1.99. The maximum Gasteiger partial charge on any atom is 0.418 e. The average Bonchev–Trinajstić information content (AvgIpc) is 2.25. The summed E-state index contributed by atoms with van der Waals surface area (Å²) in [5, 5.41) is 10.7. The number of hydrogen-bond acceptors (Lipinski definition) is 3. The molecule has 2 rings (SSSR count). The second-order valence-electron chi connectivity index (χ2n) is 4.26. The fourth-order valence-corrected chi connectivity index (χ4v) is 1.79. The molecule has 0 saturated heterocycles. The van der Waals surface area contributed by atoms with Crippen molar-refractivity contribution in [2.45, 2.75) is 31.2 Å². The molecular weight excluding hydrogens is 265 g/mol. The van der Waals surface area contributed by atoms with Crippen molar-refractivity contribution in [2.75, 3.05) is 0 Å². The molecule has 104 valence electrons. The number of pyridine rings is 1. The van der Waals surface area contributed by atoms with E-state index in [0.717, 1.165) is 12.3 Å². The van der Waals surface area contributed by atoms with Gasteiger partial charge in [0, 0.05) is 25.1 Å². The van der Waals surface area contributed by atoms with Crippen molar-refractivity contribution < 1.29 is 27.8 Å². The van der Waals surface area contributed by atoms with E-state index in [0.29, 0.717) is 12.8 Å². The lowest BCUT2D eigenvalue weighted by atomic mass is 9.89. The molecule has 1 aliphatic carbocycles. The molecule has 1 aromatic rings. The van der Waals surface area contributed by atoms with Crippen LogP contribution in [0.4, 0.5) is 18.0 Å². The summed E-state index contributed by atoms with van der Waals surface area (Å²) in [4.78, 5) is 13.8. The quantitative estimate of drug-likeness (QED) is 0.888. The maximum atomic E-state index is 12.4. The fraction of sp³-hybridized carbons (Fsp3) is 0.455. The smallest absolute Gasteiger partial charge is 0.418 e. The van der Waals surface area contributed by atoms with Crippen LogP contribution in [0, 0.1) is 0 Å². The van der Waals surface area contributed by atoms with Gasteiger partial charge in [0.2, 0.25) is 0 Å². The zero-order chi connectivity index (χ0) is 14.0. The van der Waals surface area contributed by atoms with Crippen LogP contribution in [0.3, 0.4) is 0 Å². The van der Waals surface area contributed by atoms with E-state index in [-0.39, 0.29) is 17.9 Å². The molecule has 1 saturated carbocycles. The zero-order valence-corrected chi connectivity index (χ0v) is 9.65. The van der Waals surface area contributed by atoms with Crippen LogP contribution in [0.2, 0.25) is 0 Å². The monoisotopic (exact) mass is 276 g/mol. The molecule has 8 heteroatoms. The summed E-state index contributed by atoms with van der Waals surface area (Å²) in [6.45, 7) is 0. The molecule has 2 N–H and O–H groups in total. The minimum atomic E-state index is -4.46. The van der Waals surface area contributed by atoms with Gasteiger partial charge in [-0.2, -0.15) is 13.2 Å². The van der Waals surface area contributed by atoms with Crippen molar-refractivity contribution in [1.29, 1.82) is 0 Å². The molecule has 5 nitrogen and oxygen atoms in total. The van der Waals surface area contributed by atoms with Crippen LogP contribution >= 0.6 is 0 Å². The van der Waals surface area contributed by atoms with Crippen LogP contribution in [0.15, 0.2) is 18.5 Å². The average molecular weight is 276 g/mol. The molecule has 1 fully saturated rings. The number of aromatic nitrogens is 1. The third kappa shape index (κ3) is 3.49. The van der Waals surface area contributed by atoms with Gasteiger partial charge in [0.15, 0.2) is 0 Å². The molecule has 1 aliphatic rings. The number of carbonyl (C=O) groups is 1. The molecule has 0 spiro atoms. The zero-order valence-electron chi connectivity index (χ0n) is 9.65. The van der Waals surface area contributed by atoms with Crippen molar-refractivity contribution in [3.8, 4) is 5.75 Å². The van der Waals surface area contributed by atoms with E-state index >= 15 is 0 Å². The number of alkyl halides is 3. The number of nitrogens with zero attached hydrogens (tertiary/aromatic N) is 1. The van der Waals surface area contributed by atoms with Crippen LogP contribution in [0.5, 0.6) is 5.75 Å². The van der Waals surface area contributed by atoms with Crippen LogP contribution in [0.1, 0.15) is 18.4 Å². The number of rotatable bonds is 3. The highest BCUT2D eigenvalue weighted by molar-refractivity contribution is 5.65. The number of hydrogen-bond donors (Lipinski definition) is 2. The summed E-state index contributed by atoms with van der Waals surface area (Å²) in [7, 11) is 0. The first-order chi connectivity index (χ1) is 8.84. The Bertz CT molecular complexity index is 472. The summed E-state index contributed by atoms with van der Waals surface area (Å²) in [5.41, 5.74) is -0.871. The fourth-order valence-electron chi connectivity index (χ4n) is 1.79. The summed E-state index contributed by atoms with van der Waals surface area (Å²) in [6.07, 6.45) is -3.08. The molecule has 19 heavy (non-hydrogen) atoms. The van der Waals surface area contributed by atoms with Gasteiger partial charge in [-0.3, -0.25) is 4.98 Å². The Morgan fingerprint density at radius 2 is 2.11 bits per heavy atom. The van der Waals surface area contributed by atoms with Gasteiger partial charge in [0.05, 0.1) is 11.8 Å². The first-order valence-electron chi connectivity index (χ1n) is 5.53. The van der Waals surface area contributed by atoms with Crippen molar-refractivity contribution in [3.63, 3.8) is 0 Å². The van der Waals surface area contributed by atoms with Crippen LogP contribution in [-0.4, -0.2) is 28.3 Å². The Balaban J connectivity index is 1.90. The number of carboxylic acid groups (broad SMARTS) is 1. The molecule has 1 amide bonds. The van der Waals surface area contributed by atoms with E-state index in [1.807, 2.05) is 0 Å². The molecule has 0 bridgehead atoms. The third-order valence-electron chi connectivity index (χ3n) is 2.77. The second kappa shape index (κ2) is 4.94. The molecule has 0 atom stereocenters. The standard InChI is InChI=1S/C11H11F3N2O3/c12-11(13,14)6-1-9(5-15-4-6)19-8-2-7(3-8)16-10(17)18/h1,4-5,7-8,16H,2-3H2,(H,17,18). The lowest BCUT2D eigenvalue weighted by Crippen LogP contribution is -2.48. The normalized spacial score (nSPS) is 22.5. The number of halogens is 3. The summed E-state index contributed by atoms with van der Waals surface area (Å²) in [6, 6.07) is 0.673. The summed E-state index contributed by atoms with van der Waals surface area (Å²) in [5.74, 6) is 0.0357. The Kier molecular flexibility index (Phi) is 3.50. The van der Waals surface area contributed by atoms with E-state index in [4.69, 9.17) is 9.84 Å². The minimum Gasteiger partial charge on any atom is -0.489 e. The van der Waals surface area contributed by atoms with E-state index < -0.39 is 17.8 Å². The van der Waals surface area contributed by atoms with Crippen molar-refractivity contribution in [3.05, 3.63) is 24.0 Å². The number of nitrogens with one attached hydrogen (secondary N) is 1. The topological polar surface area (TPSA) is 71.5 Å². The predicted molar refractivity (Wildman–Crippen MR) is 57.8 cm³/mol. The Morgan fingerprint density at radius 3 is 2.68 bits per heavy atom. The van der Waals surface area contributed by atoms with Gasteiger partial charge in [0.25, 0.3) is 0 Å². The van der Waals surface area contributed by atoms with Crippen LogP contribution < -0.4 is 10.1 Å². The van der Waals surface area contributed by atoms with Crippen molar-refractivity contribution >= 4 is 6.09 Å². The second-order valence-corrected chi connectivity index (χ2v) is 4.26. The summed E-state index contributed by atoms with van der Waals surface area (Å²) < 4.78 is 42.6. The first kappa shape index (κ1) is 13.4. The highest BCUT2D eigenvalue weighted by Gasteiger charge is 2.34. The van der Waals surface area contributed by atoms with Crippen molar-refractivity contribution in [2.24, 2.45) is 0 Å². The van der Waals surface area contributed by atoms with E-state index in [2.05, 4.69) is 10.3 Å². The van der Waals surface area contributed by atoms with E-state index in [1.165, 1.54) is 6.20 Å². The van der Waals surface area contributed by atoms with Crippen molar-refractivity contribution in [1.82, 2.24) is 10.3 Å². The highest BCUT2D eigenvalue weighted by atomic mass is 19.4. The van der Waals surface area contributed by atoms with Gasteiger partial charge >= 0.3 is 12.3 Å². The minimum absolute atomic E-state index is 0.0357. The molecule has 1 aromatic heterocycles. The van der Waals surface area contributed by atoms with Gasteiger partial charge in [-0.25, -0.2) is 4.79 Å². The predicted octanol–water partition coefficient (Wildman–Crippen LogP) is 2.28. The molecule has 0 aromatic carbocycles. The molecule has 0 unspecified atom stereocenters.